The highest BCUT2D eigenvalue weighted by atomic mass is 16.2. The highest BCUT2D eigenvalue weighted by Gasteiger charge is 2.30. The lowest BCUT2D eigenvalue weighted by molar-refractivity contribution is 0.0624. The number of rotatable bonds is 2. The minimum absolute atomic E-state index is 0.206. The Bertz CT molecular complexity index is 1060. The first kappa shape index (κ1) is 17.4. The van der Waals surface area contributed by atoms with E-state index >= 15 is 0 Å². The number of carbonyl (C=O) groups is 1. The molecule has 2 aromatic heterocycles. The molecule has 2 aliphatic rings. The summed E-state index contributed by atoms with van der Waals surface area (Å²) < 4.78 is 2.08. The third-order valence-corrected chi connectivity index (χ3v) is 6.20. The van der Waals surface area contributed by atoms with Crippen LogP contribution in [0.25, 0.3) is 16.8 Å². The van der Waals surface area contributed by atoms with Gasteiger partial charge in [0.1, 0.15) is 5.65 Å². The summed E-state index contributed by atoms with van der Waals surface area (Å²) in [6.07, 6.45) is 7.26. The van der Waals surface area contributed by atoms with E-state index in [0.717, 1.165) is 55.8 Å². The number of nitrogens with zero attached hydrogens (tertiary/aromatic N) is 3. The van der Waals surface area contributed by atoms with Gasteiger partial charge >= 0.3 is 0 Å². The van der Waals surface area contributed by atoms with Crippen LogP contribution in [0.5, 0.6) is 0 Å². The van der Waals surface area contributed by atoms with Gasteiger partial charge in [0.15, 0.2) is 0 Å². The zero-order valence-corrected chi connectivity index (χ0v) is 16.5. The van der Waals surface area contributed by atoms with Crippen molar-refractivity contribution in [2.45, 2.75) is 39.2 Å². The van der Waals surface area contributed by atoms with Gasteiger partial charge in [0.2, 0.25) is 0 Å². The number of imidazole rings is 1. The molecule has 1 N–H and O–H groups in total. The number of hydrogen-bond acceptors (Lipinski definition) is 3. The van der Waals surface area contributed by atoms with Crippen LogP contribution in [0.4, 0.5) is 0 Å². The first-order valence-electron chi connectivity index (χ1n) is 10.2. The van der Waals surface area contributed by atoms with E-state index in [-0.39, 0.29) is 5.91 Å². The summed E-state index contributed by atoms with van der Waals surface area (Å²) >= 11 is 0. The molecule has 3 aromatic rings. The molecule has 5 nitrogen and oxygen atoms in total. The van der Waals surface area contributed by atoms with E-state index in [1.807, 2.05) is 13.0 Å². The SMILES string of the molecule is Cc1cn2cc(-c3ccc4c(c3)CCN(C3CCNCC3)C4=O)c(C)cc2n1. The summed E-state index contributed by atoms with van der Waals surface area (Å²) in [6.45, 7) is 6.99. The molecule has 1 saturated heterocycles. The molecular formula is C23H26N4O. The molecule has 0 aliphatic carbocycles. The van der Waals surface area contributed by atoms with Crippen molar-refractivity contribution in [2.75, 3.05) is 19.6 Å². The van der Waals surface area contributed by atoms with E-state index in [2.05, 4.69) is 57.1 Å². The van der Waals surface area contributed by atoms with Crippen LogP contribution in [-0.4, -0.2) is 45.9 Å². The first-order valence-corrected chi connectivity index (χ1v) is 10.2. The maximum Gasteiger partial charge on any atom is 0.254 e. The minimum atomic E-state index is 0.206. The third-order valence-electron chi connectivity index (χ3n) is 6.20. The number of nitrogens with one attached hydrogen (secondary N) is 1. The number of carbonyl (C=O) groups excluding carboxylic acids is 1. The lowest BCUT2D eigenvalue weighted by atomic mass is 9.91. The third kappa shape index (κ3) is 2.90. The van der Waals surface area contributed by atoms with Crippen molar-refractivity contribution in [3.05, 3.63) is 59.0 Å². The van der Waals surface area contributed by atoms with E-state index in [1.54, 1.807) is 0 Å². The molecule has 2 aliphatic heterocycles. The summed E-state index contributed by atoms with van der Waals surface area (Å²) in [4.78, 5) is 19.8. The topological polar surface area (TPSA) is 49.6 Å². The molecule has 0 saturated carbocycles. The van der Waals surface area contributed by atoms with Crippen molar-refractivity contribution in [3.63, 3.8) is 0 Å². The van der Waals surface area contributed by atoms with Gasteiger partial charge < -0.3 is 14.6 Å². The van der Waals surface area contributed by atoms with E-state index in [1.165, 1.54) is 22.3 Å². The van der Waals surface area contributed by atoms with Crippen molar-refractivity contribution < 1.29 is 4.79 Å². The summed E-state index contributed by atoms with van der Waals surface area (Å²) in [5, 5.41) is 3.39. The molecule has 1 aromatic carbocycles. The average Bonchev–Trinajstić information content (AvgIpc) is 3.07. The molecule has 0 bridgehead atoms. The van der Waals surface area contributed by atoms with Crippen LogP contribution in [0.15, 0.2) is 36.7 Å². The number of pyridine rings is 1. The van der Waals surface area contributed by atoms with E-state index in [0.29, 0.717) is 6.04 Å². The Kier molecular flexibility index (Phi) is 4.20. The molecule has 144 valence electrons. The monoisotopic (exact) mass is 374 g/mol. The second-order valence-electron chi connectivity index (χ2n) is 8.12. The van der Waals surface area contributed by atoms with Gasteiger partial charge in [-0.05, 0) is 75.0 Å². The molecule has 5 heteroatoms. The lowest BCUT2D eigenvalue weighted by Gasteiger charge is -2.37. The number of fused-ring (bicyclic) bond motifs is 2. The Morgan fingerprint density at radius 2 is 1.89 bits per heavy atom. The quantitative estimate of drug-likeness (QED) is 0.748. The van der Waals surface area contributed by atoms with Gasteiger partial charge in [-0.3, -0.25) is 4.79 Å². The molecular weight excluding hydrogens is 348 g/mol. The summed E-state index contributed by atoms with van der Waals surface area (Å²) in [6, 6.07) is 8.86. The molecule has 0 atom stereocenters. The van der Waals surface area contributed by atoms with Crippen LogP contribution in [0.2, 0.25) is 0 Å². The predicted octanol–water partition coefficient (Wildman–Crippen LogP) is 3.37. The van der Waals surface area contributed by atoms with Gasteiger partial charge in [-0.1, -0.05) is 12.1 Å². The second-order valence-corrected chi connectivity index (χ2v) is 8.12. The highest BCUT2D eigenvalue weighted by Crippen LogP contribution is 2.30. The summed E-state index contributed by atoms with van der Waals surface area (Å²) in [5.41, 5.74) is 7.62. The number of hydrogen-bond donors (Lipinski definition) is 1. The highest BCUT2D eigenvalue weighted by molar-refractivity contribution is 5.97. The molecule has 28 heavy (non-hydrogen) atoms. The van der Waals surface area contributed by atoms with Gasteiger partial charge in [0.25, 0.3) is 5.91 Å². The summed E-state index contributed by atoms with van der Waals surface area (Å²) in [5.74, 6) is 0.206. The van der Waals surface area contributed by atoms with Crippen molar-refractivity contribution in [3.8, 4) is 11.1 Å². The van der Waals surface area contributed by atoms with Gasteiger partial charge in [-0.25, -0.2) is 4.98 Å². The minimum Gasteiger partial charge on any atom is -0.335 e. The summed E-state index contributed by atoms with van der Waals surface area (Å²) in [7, 11) is 0. The second kappa shape index (κ2) is 6.74. The number of aromatic nitrogens is 2. The van der Waals surface area contributed by atoms with Crippen LogP contribution in [0, 0.1) is 13.8 Å². The maximum absolute atomic E-state index is 13.1. The van der Waals surface area contributed by atoms with Gasteiger partial charge in [-0.15, -0.1) is 0 Å². The van der Waals surface area contributed by atoms with Gasteiger partial charge in [-0.2, -0.15) is 0 Å². The Morgan fingerprint density at radius 1 is 1.07 bits per heavy atom. The average molecular weight is 374 g/mol. The molecule has 1 amide bonds. The molecule has 5 rings (SSSR count). The zero-order valence-electron chi connectivity index (χ0n) is 16.5. The fraction of sp³-hybridized carbons (Fsp3) is 0.391. The fourth-order valence-corrected chi connectivity index (χ4v) is 4.70. The molecule has 0 spiro atoms. The normalized spacial score (nSPS) is 17.9. The van der Waals surface area contributed by atoms with E-state index in [4.69, 9.17) is 0 Å². The Balaban J connectivity index is 1.49. The van der Waals surface area contributed by atoms with Gasteiger partial charge in [0.05, 0.1) is 5.69 Å². The van der Waals surface area contributed by atoms with Crippen LogP contribution in [-0.2, 0) is 6.42 Å². The van der Waals surface area contributed by atoms with Crippen LogP contribution >= 0.6 is 0 Å². The standard InChI is InChI=1S/C23H26N4O/c1-15-11-22-25-16(2)13-26(22)14-21(15)17-3-4-20-18(12-17)7-10-27(23(20)28)19-5-8-24-9-6-19/h3-4,11-14,19,24H,5-10H2,1-2H3. The van der Waals surface area contributed by atoms with Crippen LogP contribution < -0.4 is 5.32 Å². The number of aryl methyl sites for hydroxylation is 2. The van der Waals surface area contributed by atoms with E-state index < -0.39 is 0 Å². The maximum atomic E-state index is 13.1. The molecule has 0 radical (unpaired) electrons. The number of piperidine rings is 1. The smallest absolute Gasteiger partial charge is 0.254 e. The van der Waals surface area contributed by atoms with Gasteiger partial charge in [0, 0.05) is 36.1 Å². The first-order chi connectivity index (χ1) is 13.6. The Morgan fingerprint density at radius 3 is 2.71 bits per heavy atom. The molecule has 1 fully saturated rings. The molecule has 4 heterocycles. The van der Waals surface area contributed by atoms with Crippen LogP contribution in [0.1, 0.15) is 40.0 Å². The molecule has 0 unspecified atom stereocenters. The zero-order chi connectivity index (χ0) is 19.3. The van der Waals surface area contributed by atoms with Crippen molar-refractivity contribution in [1.29, 1.82) is 0 Å². The van der Waals surface area contributed by atoms with E-state index in [9.17, 15) is 4.79 Å². The van der Waals surface area contributed by atoms with Crippen LogP contribution in [0.3, 0.4) is 0 Å². The fourth-order valence-electron chi connectivity index (χ4n) is 4.70. The Labute approximate surface area is 165 Å². The predicted molar refractivity (Wildman–Crippen MR) is 111 cm³/mol. The number of benzene rings is 1. The van der Waals surface area contributed by atoms with Crippen molar-refractivity contribution in [2.24, 2.45) is 0 Å². The number of amides is 1. The van der Waals surface area contributed by atoms with Crippen molar-refractivity contribution >= 4 is 11.6 Å². The Hall–Kier alpha value is -2.66. The van der Waals surface area contributed by atoms with Crippen molar-refractivity contribution in [1.82, 2.24) is 19.6 Å². The largest absolute Gasteiger partial charge is 0.335 e. The lowest BCUT2D eigenvalue weighted by Crippen LogP contribution is -2.49.